The van der Waals surface area contributed by atoms with Crippen molar-refractivity contribution in [3.63, 3.8) is 0 Å². The Balaban J connectivity index is 1.53. The molecule has 0 aliphatic rings. The highest BCUT2D eigenvalue weighted by Gasteiger charge is 2.10. The van der Waals surface area contributed by atoms with Gasteiger partial charge in [-0.15, -0.1) is 0 Å². The number of hydrogen-bond donors (Lipinski definition) is 2. The summed E-state index contributed by atoms with van der Waals surface area (Å²) in [6.07, 6.45) is 2.34. The fraction of sp³-hybridized carbons (Fsp3) is 0.364. The maximum atomic E-state index is 5.30. The molecular weight excluding hydrogens is 364 g/mol. The number of aromatic nitrogens is 3. The van der Waals surface area contributed by atoms with Crippen LogP contribution >= 0.6 is 0 Å². The Morgan fingerprint density at radius 3 is 2.83 bits per heavy atom. The maximum absolute atomic E-state index is 5.30. The summed E-state index contributed by atoms with van der Waals surface area (Å²) >= 11 is 0. The molecule has 152 valence electrons. The molecule has 0 amide bonds. The van der Waals surface area contributed by atoms with Crippen LogP contribution in [0.3, 0.4) is 0 Å². The molecule has 0 aliphatic carbocycles. The predicted octanol–water partition coefficient (Wildman–Crippen LogP) is 3.34. The van der Waals surface area contributed by atoms with Gasteiger partial charge >= 0.3 is 0 Å². The number of rotatable bonds is 8. The number of benzene rings is 1. The van der Waals surface area contributed by atoms with E-state index in [0.29, 0.717) is 42.8 Å². The Bertz CT molecular complexity index is 922. The first-order valence-corrected chi connectivity index (χ1v) is 9.98. The minimum absolute atomic E-state index is 0.350. The van der Waals surface area contributed by atoms with Gasteiger partial charge < -0.3 is 15.2 Å². The molecule has 3 aromatic rings. The van der Waals surface area contributed by atoms with Gasteiger partial charge in [-0.25, -0.2) is 0 Å². The van der Waals surface area contributed by atoms with Crippen LogP contribution in [0.25, 0.3) is 11.6 Å². The van der Waals surface area contributed by atoms with Crippen molar-refractivity contribution in [1.29, 1.82) is 0 Å². The molecule has 1 atom stereocenters. The molecule has 1 aromatic carbocycles. The van der Waals surface area contributed by atoms with Gasteiger partial charge in [-0.2, -0.15) is 4.98 Å². The van der Waals surface area contributed by atoms with E-state index in [-0.39, 0.29) is 0 Å². The Morgan fingerprint density at radius 1 is 1.17 bits per heavy atom. The summed E-state index contributed by atoms with van der Waals surface area (Å²) in [5.74, 6) is 2.22. The van der Waals surface area contributed by atoms with E-state index in [4.69, 9.17) is 9.52 Å². The molecular formula is C22H28N6O. The van der Waals surface area contributed by atoms with Crippen molar-refractivity contribution in [2.75, 3.05) is 19.6 Å². The van der Waals surface area contributed by atoms with Crippen molar-refractivity contribution in [1.82, 2.24) is 25.8 Å². The normalized spacial score (nSPS) is 12.6. The smallest absolute Gasteiger partial charge is 0.276 e. The minimum atomic E-state index is 0.350. The van der Waals surface area contributed by atoms with Gasteiger partial charge in [0.1, 0.15) is 5.69 Å². The van der Waals surface area contributed by atoms with E-state index < -0.39 is 0 Å². The highest BCUT2D eigenvalue weighted by Crippen LogP contribution is 2.16. The number of nitrogens with zero attached hydrogens (tertiary/aromatic N) is 4. The highest BCUT2D eigenvalue weighted by molar-refractivity contribution is 5.79. The average molecular weight is 393 g/mol. The second-order valence-corrected chi connectivity index (χ2v) is 6.94. The van der Waals surface area contributed by atoms with Crippen LogP contribution in [-0.4, -0.2) is 40.7 Å². The molecule has 0 saturated heterocycles. The second-order valence-electron chi connectivity index (χ2n) is 6.94. The van der Waals surface area contributed by atoms with Crippen molar-refractivity contribution in [3.05, 3.63) is 65.6 Å². The summed E-state index contributed by atoms with van der Waals surface area (Å²) < 4.78 is 5.30. The number of nitrogens with one attached hydrogen (secondary N) is 2. The van der Waals surface area contributed by atoms with E-state index in [0.717, 1.165) is 12.5 Å². The third kappa shape index (κ3) is 6.14. The molecule has 2 N–H and O–H groups in total. The molecule has 2 heterocycles. The summed E-state index contributed by atoms with van der Waals surface area (Å²) in [4.78, 5) is 13.4. The Hall–Kier alpha value is -3.22. The van der Waals surface area contributed by atoms with Crippen molar-refractivity contribution >= 4 is 5.96 Å². The zero-order chi connectivity index (χ0) is 20.5. The molecule has 0 saturated carbocycles. The molecule has 3 rings (SSSR count). The third-order valence-corrected chi connectivity index (χ3v) is 4.47. The van der Waals surface area contributed by atoms with Crippen molar-refractivity contribution in [2.45, 2.75) is 33.1 Å². The van der Waals surface area contributed by atoms with E-state index >= 15 is 0 Å². The predicted molar refractivity (Wildman–Crippen MR) is 115 cm³/mol. The molecule has 7 heteroatoms. The minimum Gasteiger partial charge on any atom is -0.357 e. The van der Waals surface area contributed by atoms with Gasteiger partial charge in [-0.1, -0.05) is 48.0 Å². The van der Waals surface area contributed by atoms with E-state index in [1.807, 2.05) is 18.2 Å². The fourth-order valence-corrected chi connectivity index (χ4v) is 2.89. The number of hydrogen-bond acceptors (Lipinski definition) is 5. The Kier molecular flexibility index (Phi) is 7.33. The van der Waals surface area contributed by atoms with Crippen LogP contribution in [0.2, 0.25) is 0 Å². The third-order valence-electron chi connectivity index (χ3n) is 4.47. The quantitative estimate of drug-likeness (QED) is 0.451. The Labute approximate surface area is 171 Å². The van der Waals surface area contributed by atoms with Crippen LogP contribution in [0.4, 0.5) is 0 Å². The van der Waals surface area contributed by atoms with Gasteiger partial charge in [0.05, 0.1) is 0 Å². The second kappa shape index (κ2) is 10.4. The van der Waals surface area contributed by atoms with Gasteiger partial charge in [-0.3, -0.25) is 9.98 Å². The van der Waals surface area contributed by atoms with Crippen LogP contribution in [-0.2, 0) is 6.42 Å². The molecule has 0 aliphatic heterocycles. The summed E-state index contributed by atoms with van der Waals surface area (Å²) in [7, 11) is 0. The topological polar surface area (TPSA) is 88.2 Å². The average Bonchev–Trinajstić information content (AvgIpc) is 3.21. The van der Waals surface area contributed by atoms with Gasteiger partial charge in [0.25, 0.3) is 5.89 Å². The first-order chi connectivity index (χ1) is 14.2. The molecule has 0 bridgehead atoms. The molecule has 0 spiro atoms. The molecule has 0 radical (unpaired) electrons. The molecule has 1 unspecified atom stereocenters. The fourth-order valence-electron chi connectivity index (χ4n) is 2.89. The van der Waals surface area contributed by atoms with Crippen LogP contribution in [0.15, 0.2) is 58.2 Å². The molecule has 0 fully saturated rings. The number of aryl methyl sites for hydroxylation is 1. The zero-order valence-electron chi connectivity index (χ0n) is 17.2. The van der Waals surface area contributed by atoms with Crippen molar-refractivity contribution in [2.24, 2.45) is 4.99 Å². The standard InChI is InChI=1S/C22H28N6O/c1-4-23-22(26-15-17(3)18-9-7-8-16(2)14-18)25-13-11-20-27-21(29-28-20)19-10-5-6-12-24-19/h5-10,12,14,17H,4,11,13,15H2,1-3H3,(H2,23,25,26). The van der Waals surface area contributed by atoms with Gasteiger partial charge in [0.2, 0.25) is 0 Å². The van der Waals surface area contributed by atoms with Gasteiger partial charge in [0, 0.05) is 38.2 Å². The van der Waals surface area contributed by atoms with E-state index in [9.17, 15) is 0 Å². The largest absolute Gasteiger partial charge is 0.357 e. The van der Waals surface area contributed by atoms with Crippen LogP contribution in [0, 0.1) is 6.92 Å². The molecule has 29 heavy (non-hydrogen) atoms. The van der Waals surface area contributed by atoms with Crippen LogP contribution < -0.4 is 10.6 Å². The summed E-state index contributed by atoms with van der Waals surface area (Å²) in [6.45, 7) is 8.54. The molecule has 7 nitrogen and oxygen atoms in total. The van der Waals surface area contributed by atoms with Crippen LogP contribution in [0.1, 0.15) is 36.7 Å². The van der Waals surface area contributed by atoms with Crippen LogP contribution in [0.5, 0.6) is 0 Å². The Morgan fingerprint density at radius 2 is 2.07 bits per heavy atom. The lowest BCUT2D eigenvalue weighted by atomic mass is 10.00. The first-order valence-electron chi connectivity index (χ1n) is 9.98. The van der Waals surface area contributed by atoms with E-state index in [1.165, 1.54) is 11.1 Å². The highest BCUT2D eigenvalue weighted by atomic mass is 16.5. The molecule has 2 aromatic heterocycles. The first kappa shape index (κ1) is 20.5. The summed E-state index contributed by atoms with van der Waals surface area (Å²) in [6, 6.07) is 14.2. The summed E-state index contributed by atoms with van der Waals surface area (Å²) in [5, 5.41) is 10.7. The maximum Gasteiger partial charge on any atom is 0.276 e. The van der Waals surface area contributed by atoms with Crippen molar-refractivity contribution in [3.8, 4) is 11.6 Å². The van der Waals surface area contributed by atoms with E-state index in [2.05, 4.69) is 70.8 Å². The number of pyridine rings is 1. The lowest BCUT2D eigenvalue weighted by Crippen LogP contribution is -2.38. The SMILES string of the molecule is CCNC(=NCC(C)c1cccc(C)c1)NCCc1noc(-c2ccccn2)n1. The van der Waals surface area contributed by atoms with Gasteiger partial charge in [0.15, 0.2) is 11.8 Å². The summed E-state index contributed by atoms with van der Waals surface area (Å²) in [5.41, 5.74) is 3.26. The monoisotopic (exact) mass is 392 g/mol. The van der Waals surface area contributed by atoms with Crippen molar-refractivity contribution < 1.29 is 4.52 Å². The lowest BCUT2D eigenvalue weighted by Gasteiger charge is -2.13. The lowest BCUT2D eigenvalue weighted by molar-refractivity contribution is 0.421. The van der Waals surface area contributed by atoms with E-state index in [1.54, 1.807) is 6.20 Å². The zero-order valence-corrected chi connectivity index (χ0v) is 17.2. The van der Waals surface area contributed by atoms with Gasteiger partial charge in [-0.05, 0) is 31.5 Å². The number of aliphatic imine (C=N–C) groups is 1. The number of guanidine groups is 1.